The Morgan fingerprint density at radius 1 is 1.17 bits per heavy atom. The molecule has 1 N–H and O–H groups in total. The summed E-state index contributed by atoms with van der Waals surface area (Å²) in [6.45, 7) is 1.54. The molecule has 0 aliphatic carbocycles. The Morgan fingerprint density at radius 2 is 1.90 bits per heavy atom. The zero-order valence-electron chi connectivity index (χ0n) is 16.9. The van der Waals surface area contributed by atoms with E-state index >= 15 is 0 Å². The van der Waals surface area contributed by atoms with E-state index in [2.05, 4.69) is 10.4 Å². The molecule has 0 bridgehead atoms. The Morgan fingerprint density at radius 3 is 2.57 bits per heavy atom. The summed E-state index contributed by atoms with van der Waals surface area (Å²) < 4.78 is 30.3. The average molecular weight is 428 g/mol. The molecule has 1 aliphatic heterocycles. The standard InChI is InChI=1S/C21H25N5O3S/c1-24-16-19(30(28,29)25-12-2-3-13-25)15-20(24)21(27)22-11-9-17-5-7-18(8-6-17)26-14-4-10-23-26/h4-8,10,14-16H,2-3,9,11-13H2,1H3,(H,22,27). The number of hydrogen-bond donors (Lipinski definition) is 1. The first-order valence-electron chi connectivity index (χ1n) is 9.99. The smallest absolute Gasteiger partial charge is 0.267 e. The third-order valence-electron chi connectivity index (χ3n) is 5.32. The van der Waals surface area contributed by atoms with Gasteiger partial charge in [0.25, 0.3) is 5.91 Å². The quantitative estimate of drug-likeness (QED) is 0.624. The minimum Gasteiger partial charge on any atom is -0.350 e. The Labute approximate surface area is 176 Å². The minimum atomic E-state index is -3.53. The second-order valence-corrected chi connectivity index (χ2v) is 9.34. The number of hydrogen-bond acceptors (Lipinski definition) is 4. The number of sulfonamides is 1. The van der Waals surface area contributed by atoms with Crippen molar-refractivity contribution < 1.29 is 13.2 Å². The molecule has 158 valence electrons. The van der Waals surface area contributed by atoms with Crippen molar-refractivity contribution in [3.8, 4) is 5.69 Å². The zero-order chi connectivity index (χ0) is 21.1. The van der Waals surface area contributed by atoms with Crippen LogP contribution in [0, 0.1) is 0 Å². The van der Waals surface area contributed by atoms with Crippen LogP contribution in [0.15, 0.2) is 59.9 Å². The van der Waals surface area contributed by atoms with Gasteiger partial charge in [-0.05, 0) is 49.1 Å². The van der Waals surface area contributed by atoms with Crippen molar-refractivity contribution in [1.82, 2.24) is 24.0 Å². The van der Waals surface area contributed by atoms with E-state index in [-0.39, 0.29) is 10.8 Å². The van der Waals surface area contributed by atoms with Crippen molar-refractivity contribution in [2.75, 3.05) is 19.6 Å². The van der Waals surface area contributed by atoms with E-state index in [1.165, 1.54) is 16.6 Å². The van der Waals surface area contributed by atoms with Crippen LogP contribution in [-0.2, 0) is 23.5 Å². The fourth-order valence-electron chi connectivity index (χ4n) is 3.63. The largest absolute Gasteiger partial charge is 0.350 e. The molecule has 0 spiro atoms. The van der Waals surface area contributed by atoms with Gasteiger partial charge in [0.1, 0.15) is 10.6 Å². The first-order chi connectivity index (χ1) is 14.4. The number of nitrogens with one attached hydrogen (secondary N) is 1. The van der Waals surface area contributed by atoms with Crippen LogP contribution in [0.25, 0.3) is 5.69 Å². The molecule has 2 aromatic heterocycles. The lowest BCUT2D eigenvalue weighted by atomic mass is 10.1. The van der Waals surface area contributed by atoms with Crippen molar-refractivity contribution >= 4 is 15.9 Å². The van der Waals surface area contributed by atoms with Gasteiger partial charge in [-0.25, -0.2) is 13.1 Å². The number of aryl methyl sites for hydroxylation is 1. The third-order valence-corrected chi connectivity index (χ3v) is 7.18. The maximum absolute atomic E-state index is 12.7. The molecule has 1 fully saturated rings. The zero-order valence-corrected chi connectivity index (χ0v) is 17.7. The number of benzene rings is 1. The lowest BCUT2D eigenvalue weighted by Crippen LogP contribution is -2.28. The van der Waals surface area contributed by atoms with Gasteiger partial charge in [0, 0.05) is 45.3 Å². The van der Waals surface area contributed by atoms with Crippen molar-refractivity contribution in [3.63, 3.8) is 0 Å². The van der Waals surface area contributed by atoms with Gasteiger partial charge in [-0.3, -0.25) is 4.79 Å². The number of rotatable bonds is 7. The average Bonchev–Trinajstić information content (AvgIpc) is 3.50. The minimum absolute atomic E-state index is 0.172. The Balaban J connectivity index is 1.36. The highest BCUT2D eigenvalue weighted by atomic mass is 32.2. The van der Waals surface area contributed by atoms with Crippen molar-refractivity contribution in [2.45, 2.75) is 24.2 Å². The molecule has 1 aromatic carbocycles. The maximum Gasteiger partial charge on any atom is 0.267 e. The van der Waals surface area contributed by atoms with E-state index in [0.717, 1.165) is 24.1 Å². The van der Waals surface area contributed by atoms with Gasteiger partial charge in [-0.15, -0.1) is 0 Å². The number of amides is 1. The van der Waals surface area contributed by atoms with Gasteiger partial charge in [0.15, 0.2) is 0 Å². The number of aromatic nitrogens is 3. The van der Waals surface area contributed by atoms with Crippen LogP contribution in [0.2, 0.25) is 0 Å². The summed E-state index contributed by atoms with van der Waals surface area (Å²) in [5.41, 5.74) is 2.40. The molecule has 1 saturated heterocycles. The summed E-state index contributed by atoms with van der Waals surface area (Å²) in [6.07, 6.45) is 7.55. The summed E-state index contributed by atoms with van der Waals surface area (Å²) in [7, 11) is -1.85. The Hall–Kier alpha value is -2.91. The summed E-state index contributed by atoms with van der Waals surface area (Å²) in [6, 6.07) is 11.3. The van der Waals surface area contributed by atoms with E-state index in [0.29, 0.717) is 31.7 Å². The molecule has 30 heavy (non-hydrogen) atoms. The van der Waals surface area contributed by atoms with Gasteiger partial charge in [-0.1, -0.05) is 12.1 Å². The number of nitrogens with zero attached hydrogens (tertiary/aromatic N) is 4. The first kappa shape index (κ1) is 20.4. The Kier molecular flexibility index (Phi) is 5.74. The summed E-state index contributed by atoms with van der Waals surface area (Å²) in [5, 5.41) is 7.08. The van der Waals surface area contributed by atoms with Crippen molar-refractivity contribution in [1.29, 1.82) is 0 Å². The lowest BCUT2D eigenvalue weighted by Gasteiger charge is -2.13. The SMILES string of the molecule is Cn1cc(S(=O)(=O)N2CCCC2)cc1C(=O)NCCc1ccc(-n2cccn2)cc1. The second kappa shape index (κ2) is 8.45. The second-order valence-electron chi connectivity index (χ2n) is 7.41. The van der Waals surface area contributed by atoms with Crippen LogP contribution in [0.5, 0.6) is 0 Å². The predicted molar refractivity (Wildman–Crippen MR) is 113 cm³/mol. The molecule has 9 heteroatoms. The van der Waals surface area contributed by atoms with Crippen LogP contribution in [-0.4, -0.2) is 52.6 Å². The van der Waals surface area contributed by atoms with E-state index in [4.69, 9.17) is 0 Å². The molecule has 4 rings (SSSR count). The normalized spacial score (nSPS) is 14.8. The molecule has 8 nitrogen and oxygen atoms in total. The summed E-state index contributed by atoms with van der Waals surface area (Å²) >= 11 is 0. The molecule has 3 heterocycles. The molecule has 1 amide bonds. The van der Waals surface area contributed by atoms with E-state index in [1.54, 1.807) is 22.5 Å². The van der Waals surface area contributed by atoms with Gasteiger partial charge >= 0.3 is 0 Å². The number of carbonyl (C=O) groups is 1. The van der Waals surface area contributed by atoms with Crippen LogP contribution >= 0.6 is 0 Å². The Bertz CT molecular complexity index is 1110. The van der Waals surface area contributed by atoms with Crippen LogP contribution in [0.1, 0.15) is 28.9 Å². The molecule has 0 atom stereocenters. The van der Waals surface area contributed by atoms with Gasteiger partial charge < -0.3 is 9.88 Å². The van der Waals surface area contributed by atoms with Gasteiger partial charge in [-0.2, -0.15) is 9.40 Å². The van der Waals surface area contributed by atoms with Gasteiger partial charge in [0.05, 0.1) is 5.69 Å². The molecule has 3 aromatic rings. The molecular formula is C21H25N5O3S. The first-order valence-corrected chi connectivity index (χ1v) is 11.4. The molecule has 0 unspecified atom stereocenters. The lowest BCUT2D eigenvalue weighted by molar-refractivity contribution is 0.0946. The predicted octanol–water partition coefficient (Wildman–Crippen LogP) is 1.97. The molecule has 1 aliphatic rings. The summed E-state index contributed by atoms with van der Waals surface area (Å²) in [4.78, 5) is 12.7. The monoisotopic (exact) mass is 427 g/mol. The van der Waals surface area contributed by atoms with Crippen LogP contribution in [0.4, 0.5) is 0 Å². The molecular weight excluding hydrogens is 402 g/mol. The maximum atomic E-state index is 12.7. The fourth-order valence-corrected chi connectivity index (χ4v) is 5.22. The number of carbonyl (C=O) groups excluding carboxylic acids is 1. The van der Waals surface area contributed by atoms with E-state index in [9.17, 15) is 13.2 Å². The third kappa shape index (κ3) is 4.17. The van der Waals surface area contributed by atoms with E-state index < -0.39 is 10.0 Å². The molecule has 0 saturated carbocycles. The van der Waals surface area contributed by atoms with Crippen molar-refractivity contribution in [2.24, 2.45) is 7.05 Å². The van der Waals surface area contributed by atoms with Crippen LogP contribution in [0.3, 0.4) is 0 Å². The topological polar surface area (TPSA) is 89.2 Å². The highest BCUT2D eigenvalue weighted by molar-refractivity contribution is 7.89. The highest BCUT2D eigenvalue weighted by Gasteiger charge is 2.29. The molecule has 0 radical (unpaired) electrons. The highest BCUT2D eigenvalue weighted by Crippen LogP contribution is 2.22. The van der Waals surface area contributed by atoms with E-state index in [1.807, 2.05) is 36.5 Å². The van der Waals surface area contributed by atoms with Crippen LogP contribution < -0.4 is 5.32 Å². The fraction of sp³-hybridized carbons (Fsp3) is 0.333. The summed E-state index contributed by atoms with van der Waals surface area (Å²) in [5.74, 6) is -0.284. The van der Waals surface area contributed by atoms with Crippen molar-refractivity contribution in [3.05, 3.63) is 66.2 Å². The van der Waals surface area contributed by atoms with Gasteiger partial charge in [0.2, 0.25) is 10.0 Å².